The number of benzene rings is 1. The molecule has 0 aliphatic rings. The molecule has 0 saturated carbocycles. The molecule has 0 unspecified atom stereocenters. The van der Waals surface area contributed by atoms with Crippen LogP contribution in [0.3, 0.4) is 0 Å². The van der Waals surface area contributed by atoms with Crippen LogP contribution in [-0.2, 0) is 0 Å². The SMILES string of the molecule is COc1cc(C(=O)O)ncc1-c1ccc(Cl)cc1Cl. The van der Waals surface area contributed by atoms with E-state index in [1.807, 2.05) is 0 Å². The zero-order valence-corrected chi connectivity index (χ0v) is 11.4. The third kappa shape index (κ3) is 2.80. The molecule has 0 spiro atoms. The van der Waals surface area contributed by atoms with Crippen molar-refractivity contribution in [2.75, 3.05) is 7.11 Å². The summed E-state index contributed by atoms with van der Waals surface area (Å²) in [6, 6.07) is 6.36. The van der Waals surface area contributed by atoms with Crippen LogP contribution in [-0.4, -0.2) is 23.2 Å². The highest BCUT2D eigenvalue weighted by molar-refractivity contribution is 6.36. The summed E-state index contributed by atoms with van der Waals surface area (Å²) in [6.07, 6.45) is 1.41. The van der Waals surface area contributed by atoms with E-state index < -0.39 is 5.97 Å². The maximum Gasteiger partial charge on any atom is 0.354 e. The van der Waals surface area contributed by atoms with E-state index in [2.05, 4.69) is 4.98 Å². The molecule has 0 aliphatic heterocycles. The third-order valence-electron chi connectivity index (χ3n) is 2.53. The number of pyridine rings is 1. The fourth-order valence-electron chi connectivity index (χ4n) is 1.63. The van der Waals surface area contributed by atoms with Gasteiger partial charge in [-0.15, -0.1) is 0 Å². The maximum atomic E-state index is 10.9. The van der Waals surface area contributed by atoms with Crippen molar-refractivity contribution >= 4 is 29.2 Å². The van der Waals surface area contributed by atoms with E-state index in [1.54, 1.807) is 18.2 Å². The molecule has 1 N–H and O–H groups in total. The van der Waals surface area contributed by atoms with Crippen molar-refractivity contribution in [1.29, 1.82) is 0 Å². The van der Waals surface area contributed by atoms with Gasteiger partial charge in [-0.1, -0.05) is 29.3 Å². The normalized spacial score (nSPS) is 10.3. The number of hydrogen-bond donors (Lipinski definition) is 1. The van der Waals surface area contributed by atoms with Gasteiger partial charge in [-0.05, 0) is 12.1 Å². The van der Waals surface area contributed by atoms with Crippen LogP contribution in [0.5, 0.6) is 5.75 Å². The molecule has 1 aromatic heterocycles. The van der Waals surface area contributed by atoms with E-state index >= 15 is 0 Å². The van der Waals surface area contributed by atoms with Crippen molar-refractivity contribution in [2.45, 2.75) is 0 Å². The lowest BCUT2D eigenvalue weighted by Crippen LogP contribution is -2.01. The minimum absolute atomic E-state index is 0.0920. The van der Waals surface area contributed by atoms with Crippen LogP contribution in [0.15, 0.2) is 30.5 Å². The lowest BCUT2D eigenvalue weighted by molar-refractivity contribution is 0.0690. The first-order valence-corrected chi connectivity index (χ1v) is 6.01. The van der Waals surface area contributed by atoms with Gasteiger partial charge in [-0.2, -0.15) is 0 Å². The van der Waals surface area contributed by atoms with Crippen LogP contribution in [0.4, 0.5) is 0 Å². The molecule has 1 heterocycles. The summed E-state index contributed by atoms with van der Waals surface area (Å²) in [4.78, 5) is 14.7. The molecule has 98 valence electrons. The van der Waals surface area contributed by atoms with Crippen molar-refractivity contribution in [3.8, 4) is 16.9 Å². The van der Waals surface area contributed by atoms with Gasteiger partial charge in [0.25, 0.3) is 0 Å². The number of ether oxygens (including phenoxy) is 1. The number of carboxylic acid groups (broad SMARTS) is 1. The van der Waals surface area contributed by atoms with Gasteiger partial charge in [0, 0.05) is 28.4 Å². The van der Waals surface area contributed by atoms with Crippen LogP contribution in [0.25, 0.3) is 11.1 Å². The Balaban J connectivity index is 2.58. The van der Waals surface area contributed by atoms with Crippen molar-refractivity contribution in [3.63, 3.8) is 0 Å². The summed E-state index contributed by atoms with van der Waals surface area (Å²) in [7, 11) is 1.45. The molecule has 0 aliphatic carbocycles. The fraction of sp³-hybridized carbons (Fsp3) is 0.0769. The van der Waals surface area contributed by atoms with Gasteiger partial charge in [0.05, 0.1) is 12.1 Å². The van der Waals surface area contributed by atoms with Gasteiger partial charge < -0.3 is 9.84 Å². The van der Waals surface area contributed by atoms with Crippen molar-refractivity contribution < 1.29 is 14.6 Å². The predicted octanol–water partition coefficient (Wildman–Crippen LogP) is 3.76. The number of carboxylic acids is 1. The van der Waals surface area contributed by atoms with Crippen LogP contribution < -0.4 is 4.74 Å². The fourth-order valence-corrected chi connectivity index (χ4v) is 2.14. The lowest BCUT2D eigenvalue weighted by Gasteiger charge is -2.10. The average molecular weight is 298 g/mol. The largest absolute Gasteiger partial charge is 0.496 e. The van der Waals surface area contributed by atoms with E-state index in [0.29, 0.717) is 26.9 Å². The predicted molar refractivity (Wildman–Crippen MR) is 73.2 cm³/mol. The van der Waals surface area contributed by atoms with Crippen molar-refractivity contribution in [2.24, 2.45) is 0 Å². The zero-order valence-electron chi connectivity index (χ0n) is 9.85. The second-order valence-corrected chi connectivity index (χ2v) is 4.54. The Hall–Kier alpha value is -1.78. The molecule has 19 heavy (non-hydrogen) atoms. The maximum absolute atomic E-state index is 10.9. The number of aromatic nitrogens is 1. The molecule has 1 aromatic carbocycles. The minimum atomic E-state index is -1.12. The Bertz CT molecular complexity index is 644. The Morgan fingerprint density at radius 1 is 1.26 bits per heavy atom. The Kier molecular flexibility index (Phi) is 3.93. The molecule has 0 atom stereocenters. The lowest BCUT2D eigenvalue weighted by atomic mass is 10.1. The molecule has 0 saturated heterocycles. The molecule has 2 rings (SSSR count). The molecular weight excluding hydrogens is 289 g/mol. The molecule has 2 aromatic rings. The number of aromatic carboxylic acids is 1. The number of halogens is 2. The minimum Gasteiger partial charge on any atom is -0.496 e. The summed E-state index contributed by atoms with van der Waals surface area (Å²) in [6.45, 7) is 0. The first kappa shape index (κ1) is 13.6. The highest BCUT2D eigenvalue weighted by Gasteiger charge is 2.14. The molecule has 0 fully saturated rings. The van der Waals surface area contributed by atoms with E-state index in [0.717, 1.165) is 0 Å². The highest BCUT2D eigenvalue weighted by Crippen LogP contribution is 2.35. The monoisotopic (exact) mass is 297 g/mol. The second-order valence-electron chi connectivity index (χ2n) is 3.70. The number of rotatable bonds is 3. The van der Waals surface area contributed by atoms with Gasteiger partial charge in [0.2, 0.25) is 0 Å². The number of methoxy groups -OCH3 is 1. The summed E-state index contributed by atoms with van der Waals surface area (Å²) in [5.41, 5.74) is 1.19. The van der Waals surface area contributed by atoms with Gasteiger partial charge in [0.1, 0.15) is 5.75 Å². The van der Waals surface area contributed by atoms with Gasteiger partial charge in [-0.3, -0.25) is 0 Å². The Labute approximate surface area is 119 Å². The first-order chi connectivity index (χ1) is 9.02. The third-order valence-corrected chi connectivity index (χ3v) is 3.07. The van der Waals surface area contributed by atoms with E-state index in [9.17, 15) is 4.79 Å². The van der Waals surface area contributed by atoms with Crippen LogP contribution in [0.2, 0.25) is 10.0 Å². The first-order valence-electron chi connectivity index (χ1n) is 5.25. The average Bonchev–Trinajstić information content (AvgIpc) is 2.38. The van der Waals surface area contributed by atoms with Gasteiger partial charge in [0.15, 0.2) is 5.69 Å². The van der Waals surface area contributed by atoms with Crippen LogP contribution >= 0.6 is 23.2 Å². The summed E-state index contributed by atoms with van der Waals surface area (Å²) in [5, 5.41) is 9.85. The molecule has 4 nitrogen and oxygen atoms in total. The highest BCUT2D eigenvalue weighted by atomic mass is 35.5. The zero-order chi connectivity index (χ0) is 14.0. The number of hydrogen-bond acceptors (Lipinski definition) is 3. The van der Waals surface area contributed by atoms with Gasteiger partial charge >= 0.3 is 5.97 Å². The standard InChI is InChI=1S/C13H9Cl2NO3/c1-19-12-5-11(13(17)18)16-6-9(12)8-3-2-7(14)4-10(8)15/h2-6H,1H3,(H,17,18). The molecule has 0 amide bonds. The van der Waals surface area contributed by atoms with Crippen LogP contribution in [0.1, 0.15) is 10.5 Å². The Morgan fingerprint density at radius 2 is 2.00 bits per heavy atom. The number of nitrogens with zero attached hydrogens (tertiary/aromatic N) is 1. The van der Waals surface area contributed by atoms with Gasteiger partial charge in [-0.25, -0.2) is 9.78 Å². The Morgan fingerprint density at radius 3 is 2.58 bits per heavy atom. The topological polar surface area (TPSA) is 59.4 Å². The smallest absolute Gasteiger partial charge is 0.354 e. The molecule has 0 bridgehead atoms. The number of carbonyl (C=O) groups is 1. The van der Waals surface area contributed by atoms with Crippen molar-refractivity contribution in [3.05, 3.63) is 46.2 Å². The quantitative estimate of drug-likeness (QED) is 0.937. The van der Waals surface area contributed by atoms with E-state index in [4.69, 9.17) is 33.0 Å². The molecular formula is C13H9Cl2NO3. The summed E-state index contributed by atoms with van der Waals surface area (Å²) < 4.78 is 5.18. The van der Waals surface area contributed by atoms with E-state index in [1.165, 1.54) is 19.4 Å². The summed E-state index contributed by atoms with van der Waals surface area (Å²) in [5.74, 6) is -0.733. The molecule has 6 heteroatoms. The second kappa shape index (κ2) is 5.47. The summed E-state index contributed by atoms with van der Waals surface area (Å²) >= 11 is 11.9. The molecule has 0 radical (unpaired) electrons. The van der Waals surface area contributed by atoms with E-state index in [-0.39, 0.29) is 5.69 Å². The van der Waals surface area contributed by atoms with Crippen molar-refractivity contribution in [1.82, 2.24) is 4.98 Å². The van der Waals surface area contributed by atoms with Crippen LogP contribution in [0, 0.1) is 0 Å².